The average molecular weight is 521 g/mol. The number of aromatic nitrogens is 6. The molecule has 13 nitrogen and oxygen atoms in total. The number of carbonyl (C=O) groups excluding carboxylic acids is 2. The van der Waals surface area contributed by atoms with Gasteiger partial charge in [-0.25, -0.2) is 14.6 Å². The summed E-state index contributed by atoms with van der Waals surface area (Å²) >= 11 is 0. The monoisotopic (exact) mass is 520 g/mol. The molecule has 1 aliphatic carbocycles. The zero-order valence-electron chi connectivity index (χ0n) is 21.7. The van der Waals surface area contributed by atoms with E-state index in [1.807, 2.05) is 10.9 Å². The standard InChI is InChI=1S/C25H28N8O5/c1-25(2,3)38-24(36)30(4)20-13-18(28-21-16(23(35)37-5)14-26-33(20)21)27-17-7-6-11-31(22(17)34)19-10-12-32(29-19)15-8-9-15/h6-7,10-15H,8-9H2,1-5H3,(H,27,28). The zero-order valence-corrected chi connectivity index (χ0v) is 21.7. The van der Waals surface area contributed by atoms with E-state index < -0.39 is 17.7 Å². The Hall–Kier alpha value is -4.68. The highest BCUT2D eigenvalue weighted by Gasteiger charge is 2.26. The quantitative estimate of drug-likeness (QED) is 0.379. The number of anilines is 3. The molecule has 1 saturated carbocycles. The fourth-order valence-corrected chi connectivity index (χ4v) is 3.83. The van der Waals surface area contributed by atoms with Gasteiger partial charge >= 0.3 is 12.1 Å². The van der Waals surface area contributed by atoms with Crippen LogP contribution in [0.2, 0.25) is 0 Å². The van der Waals surface area contributed by atoms with Gasteiger partial charge in [0, 0.05) is 31.6 Å². The second-order valence-electron chi connectivity index (χ2n) is 9.93. The summed E-state index contributed by atoms with van der Waals surface area (Å²) in [5, 5.41) is 11.8. The lowest BCUT2D eigenvalue weighted by Crippen LogP contribution is -2.35. The van der Waals surface area contributed by atoms with Crippen LogP contribution in [-0.2, 0) is 9.47 Å². The van der Waals surface area contributed by atoms with Gasteiger partial charge in [0.2, 0.25) is 0 Å². The van der Waals surface area contributed by atoms with Crippen molar-refractivity contribution in [1.82, 2.24) is 28.9 Å². The van der Waals surface area contributed by atoms with Crippen LogP contribution in [-0.4, -0.2) is 60.8 Å². The Morgan fingerprint density at radius 1 is 1.18 bits per heavy atom. The van der Waals surface area contributed by atoms with Crippen molar-refractivity contribution < 1.29 is 19.1 Å². The highest BCUT2D eigenvalue weighted by atomic mass is 16.6. The van der Waals surface area contributed by atoms with Crippen molar-refractivity contribution in [2.75, 3.05) is 24.4 Å². The first-order valence-electron chi connectivity index (χ1n) is 12.0. The maximum Gasteiger partial charge on any atom is 0.415 e. The van der Waals surface area contributed by atoms with Crippen molar-refractivity contribution in [3.63, 3.8) is 0 Å². The summed E-state index contributed by atoms with van der Waals surface area (Å²) in [5.41, 5.74) is -0.645. The number of esters is 1. The molecule has 0 radical (unpaired) electrons. The van der Waals surface area contributed by atoms with Crippen LogP contribution < -0.4 is 15.8 Å². The van der Waals surface area contributed by atoms with Gasteiger partial charge in [0.1, 0.15) is 28.5 Å². The topological polar surface area (TPSA) is 138 Å². The van der Waals surface area contributed by atoms with Crippen LogP contribution >= 0.6 is 0 Å². The Balaban J connectivity index is 1.55. The van der Waals surface area contributed by atoms with E-state index in [-0.39, 0.29) is 34.1 Å². The maximum absolute atomic E-state index is 13.3. The number of rotatable bonds is 6. The van der Waals surface area contributed by atoms with E-state index in [1.165, 1.54) is 40.4 Å². The second kappa shape index (κ2) is 9.32. The molecule has 4 aromatic heterocycles. The van der Waals surface area contributed by atoms with E-state index in [9.17, 15) is 14.4 Å². The van der Waals surface area contributed by atoms with Crippen LogP contribution in [0.4, 0.5) is 22.1 Å². The predicted molar refractivity (Wildman–Crippen MR) is 138 cm³/mol. The summed E-state index contributed by atoms with van der Waals surface area (Å²) < 4.78 is 15.0. The second-order valence-corrected chi connectivity index (χ2v) is 9.93. The van der Waals surface area contributed by atoms with Crippen LogP contribution in [0, 0.1) is 0 Å². The number of nitrogens with zero attached hydrogens (tertiary/aromatic N) is 7. The Kier molecular flexibility index (Phi) is 6.13. The summed E-state index contributed by atoms with van der Waals surface area (Å²) in [6.07, 6.45) is 6.32. The van der Waals surface area contributed by atoms with Gasteiger partial charge in [-0.1, -0.05) is 0 Å². The average Bonchev–Trinajstić information content (AvgIpc) is 3.44. The van der Waals surface area contributed by atoms with Crippen molar-refractivity contribution in [1.29, 1.82) is 0 Å². The Morgan fingerprint density at radius 3 is 2.63 bits per heavy atom. The lowest BCUT2D eigenvalue weighted by atomic mass is 10.2. The summed E-state index contributed by atoms with van der Waals surface area (Å²) in [7, 11) is 2.76. The van der Waals surface area contributed by atoms with Gasteiger partial charge < -0.3 is 14.8 Å². The summed E-state index contributed by atoms with van der Waals surface area (Å²) in [6.45, 7) is 5.27. The van der Waals surface area contributed by atoms with Gasteiger partial charge in [-0.15, -0.1) is 0 Å². The molecule has 0 bridgehead atoms. The number of hydrogen-bond donors (Lipinski definition) is 1. The lowest BCUT2D eigenvalue weighted by Gasteiger charge is -2.25. The number of amides is 1. The number of methoxy groups -OCH3 is 1. The number of fused-ring (bicyclic) bond motifs is 1. The molecule has 0 saturated heterocycles. The first kappa shape index (κ1) is 25.0. The van der Waals surface area contributed by atoms with E-state index in [2.05, 4.69) is 20.5 Å². The minimum atomic E-state index is -0.735. The normalized spacial score (nSPS) is 13.4. The van der Waals surface area contributed by atoms with Crippen molar-refractivity contribution >= 4 is 35.0 Å². The molecule has 4 aromatic rings. The summed E-state index contributed by atoms with van der Waals surface area (Å²) in [4.78, 5) is 44.3. The molecule has 0 aliphatic heterocycles. The molecule has 13 heteroatoms. The molecule has 0 atom stereocenters. The number of hydrogen-bond acceptors (Lipinski definition) is 9. The molecule has 1 aliphatic rings. The van der Waals surface area contributed by atoms with Crippen LogP contribution in [0.5, 0.6) is 0 Å². The Labute approximate surface area is 217 Å². The maximum atomic E-state index is 13.3. The molecule has 1 N–H and O–H groups in total. The molecule has 4 heterocycles. The molecule has 1 fully saturated rings. The number of nitrogens with one attached hydrogen (secondary N) is 1. The van der Waals surface area contributed by atoms with Gasteiger partial charge in [-0.3, -0.25) is 18.9 Å². The van der Waals surface area contributed by atoms with Gasteiger partial charge in [0.15, 0.2) is 11.5 Å². The Bertz CT molecular complexity index is 1590. The SMILES string of the molecule is COC(=O)c1cnn2c(N(C)C(=O)OC(C)(C)C)cc(Nc3cccn(-c4ccn(C5CC5)n4)c3=O)nc12. The summed E-state index contributed by atoms with van der Waals surface area (Å²) in [6, 6.07) is 7.03. The van der Waals surface area contributed by atoms with E-state index in [4.69, 9.17) is 9.47 Å². The number of carbonyl (C=O) groups is 2. The van der Waals surface area contributed by atoms with Gasteiger partial charge in [0.25, 0.3) is 5.56 Å². The van der Waals surface area contributed by atoms with E-state index in [0.29, 0.717) is 11.9 Å². The molecular weight excluding hydrogens is 492 g/mol. The highest BCUT2D eigenvalue weighted by Crippen LogP contribution is 2.34. The molecular formula is C25H28N8O5. The van der Waals surface area contributed by atoms with Crippen LogP contribution in [0.25, 0.3) is 11.5 Å². The van der Waals surface area contributed by atoms with E-state index >= 15 is 0 Å². The van der Waals surface area contributed by atoms with Crippen LogP contribution in [0.15, 0.2) is 47.7 Å². The fraction of sp³-hybridized carbons (Fsp3) is 0.360. The lowest BCUT2D eigenvalue weighted by molar-refractivity contribution is 0.0583. The van der Waals surface area contributed by atoms with Gasteiger partial charge in [0.05, 0.1) is 19.3 Å². The van der Waals surface area contributed by atoms with Crippen molar-refractivity contribution in [2.45, 2.75) is 45.3 Å². The van der Waals surface area contributed by atoms with Gasteiger partial charge in [-0.2, -0.15) is 14.7 Å². The smallest absolute Gasteiger partial charge is 0.415 e. The molecule has 1 amide bonds. The third-order valence-electron chi connectivity index (χ3n) is 5.84. The molecule has 5 rings (SSSR count). The first-order valence-corrected chi connectivity index (χ1v) is 12.0. The van der Waals surface area contributed by atoms with Crippen molar-refractivity contribution in [2.24, 2.45) is 0 Å². The molecule has 0 unspecified atom stereocenters. The van der Waals surface area contributed by atoms with Crippen molar-refractivity contribution in [3.05, 3.63) is 58.8 Å². The Morgan fingerprint density at radius 2 is 1.95 bits per heavy atom. The minimum Gasteiger partial charge on any atom is -0.465 e. The molecule has 38 heavy (non-hydrogen) atoms. The highest BCUT2D eigenvalue weighted by molar-refractivity contribution is 5.97. The minimum absolute atomic E-state index is 0.0890. The molecule has 0 spiro atoms. The van der Waals surface area contributed by atoms with Crippen LogP contribution in [0.3, 0.4) is 0 Å². The van der Waals surface area contributed by atoms with E-state index in [0.717, 1.165) is 12.8 Å². The van der Waals surface area contributed by atoms with E-state index in [1.54, 1.807) is 45.2 Å². The fourth-order valence-electron chi connectivity index (χ4n) is 3.83. The number of pyridine rings is 1. The third-order valence-corrected chi connectivity index (χ3v) is 5.84. The summed E-state index contributed by atoms with van der Waals surface area (Å²) in [5.74, 6) is 0.306. The first-order chi connectivity index (χ1) is 18.1. The molecule has 0 aromatic carbocycles. The molecule has 198 valence electrons. The zero-order chi connectivity index (χ0) is 27.2. The largest absolute Gasteiger partial charge is 0.465 e. The van der Waals surface area contributed by atoms with Gasteiger partial charge in [-0.05, 0) is 45.7 Å². The number of ether oxygens (including phenoxy) is 2. The van der Waals surface area contributed by atoms with Crippen molar-refractivity contribution in [3.8, 4) is 5.82 Å². The predicted octanol–water partition coefficient (Wildman–Crippen LogP) is 3.31. The third kappa shape index (κ3) is 4.82. The van der Waals surface area contributed by atoms with Crippen LogP contribution in [0.1, 0.15) is 50.0 Å².